The highest BCUT2D eigenvalue weighted by molar-refractivity contribution is 6.30. The number of carbonyl (C=O) groups excluding carboxylic acids is 2. The molecule has 7 nitrogen and oxygen atoms in total. The van der Waals surface area contributed by atoms with E-state index in [0.29, 0.717) is 16.1 Å². The van der Waals surface area contributed by atoms with Crippen LogP contribution in [0.3, 0.4) is 0 Å². The van der Waals surface area contributed by atoms with Gasteiger partial charge < -0.3 is 5.11 Å². The van der Waals surface area contributed by atoms with Gasteiger partial charge in [-0.25, -0.2) is 15.6 Å². The lowest BCUT2D eigenvalue weighted by atomic mass is 10.2. The number of phenols is 1. The number of nitrogens with one attached hydrogen (secondary N) is 3. The number of hydrogen-bond donors (Lipinski definition) is 4. The Hall–Kier alpha value is -3.06. The van der Waals surface area contributed by atoms with Crippen LogP contribution in [0.15, 0.2) is 53.6 Å². The Balaban J connectivity index is 1.77. The van der Waals surface area contributed by atoms with Crippen molar-refractivity contribution in [1.29, 1.82) is 0 Å². The molecule has 2 aromatic rings. The number of carbonyl (C=O) groups is 2. The zero-order valence-corrected chi connectivity index (χ0v) is 12.5. The Bertz CT molecular complexity index is 715. The molecule has 4 N–H and O–H groups in total. The maximum Gasteiger partial charge on any atom is 0.353 e. The summed E-state index contributed by atoms with van der Waals surface area (Å²) in [6.45, 7) is 0. The van der Waals surface area contributed by atoms with Crippen molar-refractivity contribution in [1.82, 2.24) is 16.3 Å². The Morgan fingerprint density at radius 2 is 1.65 bits per heavy atom. The quantitative estimate of drug-likeness (QED) is 0.510. The monoisotopic (exact) mass is 332 g/mol. The first-order valence-corrected chi connectivity index (χ1v) is 6.86. The molecule has 0 saturated carbocycles. The molecule has 8 heteroatoms. The van der Waals surface area contributed by atoms with E-state index in [1.54, 1.807) is 24.3 Å². The van der Waals surface area contributed by atoms with Gasteiger partial charge in [0.05, 0.1) is 6.21 Å². The molecule has 0 aliphatic rings. The number of halogens is 1. The van der Waals surface area contributed by atoms with E-state index in [-0.39, 0.29) is 5.75 Å². The second-order valence-electron chi connectivity index (χ2n) is 4.38. The van der Waals surface area contributed by atoms with Crippen LogP contribution >= 0.6 is 11.6 Å². The van der Waals surface area contributed by atoms with Crippen LogP contribution in [0, 0.1) is 0 Å². The van der Waals surface area contributed by atoms with Crippen molar-refractivity contribution in [2.24, 2.45) is 5.10 Å². The van der Waals surface area contributed by atoms with Crippen LogP contribution in [0.5, 0.6) is 5.75 Å². The van der Waals surface area contributed by atoms with Gasteiger partial charge >= 0.3 is 6.03 Å². The number of hydrogen-bond acceptors (Lipinski definition) is 4. The van der Waals surface area contributed by atoms with Crippen molar-refractivity contribution in [2.45, 2.75) is 0 Å². The van der Waals surface area contributed by atoms with Crippen molar-refractivity contribution in [3.8, 4) is 5.75 Å². The molecule has 3 amide bonds. The van der Waals surface area contributed by atoms with Gasteiger partial charge in [0.1, 0.15) is 5.75 Å². The highest BCUT2D eigenvalue weighted by atomic mass is 35.5. The van der Waals surface area contributed by atoms with E-state index < -0.39 is 11.9 Å². The van der Waals surface area contributed by atoms with Gasteiger partial charge in [-0.1, -0.05) is 11.6 Å². The lowest BCUT2D eigenvalue weighted by Gasteiger charge is -2.06. The largest absolute Gasteiger partial charge is 0.508 e. The topological polar surface area (TPSA) is 103 Å². The standard InChI is InChI=1S/C15H13ClN4O3/c16-12-5-3-11(4-6-12)14(22)18-20-15(23)19-17-9-10-1-7-13(21)8-2-10/h1-9,21H,(H,18,22)(H2,19,20,23)/b17-9+. The molecule has 0 aliphatic heterocycles. The molecule has 0 atom stereocenters. The number of hydrazine groups is 1. The van der Waals surface area contributed by atoms with Gasteiger partial charge in [0, 0.05) is 10.6 Å². The Labute approximate surface area is 136 Å². The summed E-state index contributed by atoms with van der Waals surface area (Å²) in [6, 6.07) is 11.7. The number of aromatic hydroxyl groups is 1. The summed E-state index contributed by atoms with van der Waals surface area (Å²) in [5, 5.41) is 13.3. The minimum Gasteiger partial charge on any atom is -0.508 e. The molecule has 0 radical (unpaired) electrons. The lowest BCUT2D eigenvalue weighted by molar-refractivity contribution is 0.0936. The molecule has 2 aromatic carbocycles. The number of rotatable bonds is 3. The molecule has 0 saturated heterocycles. The number of phenolic OH excluding ortho intramolecular Hbond substituents is 1. The zero-order valence-electron chi connectivity index (χ0n) is 11.8. The van der Waals surface area contributed by atoms with Crippen LogP contribution in [0.25, 0.3) is 0 Å². The third-order valence-electron chi connectivity index (χ3n) is 2.67. The maximum atomic E-state index is 11.7. The third-order valence-corrected chi connectivity index (χ3v) is 2.92. The minimum absolute atomic E-state index is 0.137. The van der Waals surface area contributed by atoms with Gasteiger partial charge in [0.2, 0.25) is 0 Å². The van der Waals surface area contributed by atoms with Crippen molar-refractivity contribution < 1.29 is 14.7 Å². The average Bonchev–Trinajstić information content (AvgIpc) is 2.55. The van der Waals surface area contributed by atoms with Crippen molar-refractivity contribution in [2.75, 3.05) is 0 Å². The molecular weight excluding hydrogens is 320 g/mol. The third kappa shape index (κ3) is 5.33. The summed E-state index contributed by atoms with van der Waals surface area (Å²) >= 11 is 5.72. The van der Waals surface area contributed by atoms with Crippen LogP contribution in [0.2, 0.25) is 5.02 Å². The number of benzene rings is 2. The molecule has 0 bridgehead atoms. The van der Waals surface area contributed by atoms with Crippen molar-refractivity contribution in [3.05, 3.63) is 64.7 Å². The minimum atomic E-state index is -0.706. The normalized spacial score (nSPS) is 10.3. The van der Waals surface area contributed by atoms with E-state index >= 15 is 0 Å². The van der Waals surface area contributed by atoms with Crippen LogP contribution in [-0.2, 0) is 0 Å². The van der Waals surface area contributed by atoms with E-state index in [0.717, 1.165) is 0 Å². The maximum absolute atomic E-state index is 11.7. The fraction of sp³-hybridized carbons (Fsp3) is 0. The van der Waals surface area contributed by atoms with Gasteiger partial charge in [0.25, 0.3) is 5.91 Å². The summed E-state index contributed by atoms with van der Waals surface area (Å²) < 4.78 is 0. The highest BCUT2D eigenvalue weighted by Crippen LogP contribution is 2.09. The smallest absolute Gasteiger partial charge is 0.353 e. The molecule has 2 rings (SSSR count). The number of amides is 3. The van der Waals surface area contributed by atoms with Gasteiger partial charge in [-0.3, -0.25) is 10.2 Å². The number of urea groups is 1. The molecule has 0 unspecified atom stereocenters. The second-order valence-corrected chi connectivity index (χ2v) is 4.81. The molecule has 0 fully saturated rings. The first-order chi connectivity index (χ1) is 11.0. The molecule has 118 valence electrons. The van der Waals surface area contributed by atoms with Gasteiger partial charge in [0.15, 0.2) is 0 Å². The van der Waals surface area contributed by atoms with Crippen LogP contribution in [0.1, 0.15) is 15.9 Å². The summed E-state index contributed by atoms with van der Waals surface area (Å²) in [6.07, 6.45) is 1.39. The van der Waals surface area contributed by atoms with E-state index in [1.807, 2.05) is 0 Å². The summed E-state index contributed by atoms with van der Waals surface area (Å²) in [7, 11) is 0. The van der Waals surface area contributed by atoms with Crippen molar-refractivity contribution in [3.63, 3.8) is 0 Å². The lowest BCUT2D eigenvalue weighted by Crippen LogP contribution is -2.45. The SMILES string of the molecule is O=C(N/N=C/c1ccc(O)cc1)NNC(=O)c1ccc(Cl)cc1. The van der Waals surface area contributed by atoms with Crippen LogP contribution in [0.4, 0.5) is 4.79 Å². The van der Waals surface area contributed by atoms with Gasteiger partial charge in [-0.2, -0.15) is 5.10 Å². The average molecular weight is 333 g/mol. The number of hydrazone groups is 1. The Morgan fingerprint density at radius 1 is 1.00 bits per heavy atom. The van der Waals surface area contributed by atoms with E-state index in [4.69, 9.17) is 16.7 Å². The molecule has 0 aliphatic carbocycles. The Morgan fingerprint density at radius 3 is 2.30 bits per heavy atom. The second kappa shape index (κ2) is 7.81. The van der Waals surface area contributed by atoms with E-state index in [9.17, 15) is 9.59 Å². The molecular formula is C15H13ClN4O3. The van der Waals surface area contributed by atoms with Crippen LogP contribution < -0.4 is 16.3 Å². The van der Waals surface area contributed by atoms with E-state index in [2.05, 4.69) is 21.4 Å². The fourth-order valence-corrected chi connectivity index (χ4v) is 1.67. The molecule has 0 spiro atoms. The number of nitrogens with zero attached hydrogens (tertiary/aromatic N) is 1. The zero-order chi connectivity index (χ0) is 16.7. The molecule has 23 heavy (non-hydrogen) atoms. The first-order valence-electron chi connectivity index (χ1n) is 6.48. The predicted molar refractivity (Wildman–Crippen MR) is 86.3 cm³/mol. The summed E-state index contributed by atoms with van der Waals surface area (Å²) in [5.74, 6) is -0.350. The van der Waals surface area contributed by atoms with Crippen molar-refractivity contribution >= 4 is 29.8 Å². The molecule has 0 aromatic heterocycles. The highest BCUT2D eigenvalue weighted by Gasteiger charge is 2.06. The van der Waals surface area contributed by atoms with E-state index in [1.165, 1.54) is 30.5 Å². The van der Waals surface area contributed by atoms with Gasteiger partial charge in [-0.05, 0) is 54.1 Å². The summed E-state index contributed by atoms with van der Waals surface area (Å²) in [5.41, 5.74) is 7.60. The first kappa shape index (κ1) is 16.3. The summed E-state index contributed by atoms with van der Waals surface area (Å²) in [4.78, 5) is 23.2. The predicted octanol–water partition coefficient (Wildman–Crippen LogP) is 2.02. The van der Waals surface area contributed by atoms with Gasteiger partial charge in [-0.15, -0.1) is 0 Å². The van der Waals surface area contributed by atoms with Crippen LogP contribution in [-0.4, -0.2) is 23.3 Å². The fourth-order valence-electron chi connectivity index (χ4n) is 1.54. The Kier molecular flexibility index (Phi) is 5.54. The molecule has 0 heterocycles.